The summed E-state index contributed by atoms with van der Waals surface area (Å²) < 4.78 is 2.87. The molecule has 0 saturated carbocycles. The average molecular weight is 427 g/mol. The molecule has 0 aliphatic carbocycles. The Labute approximate surface area is 183 Å². The van der Waals surface area contributed by atoms with Crippen molar-refractivity contribution in [1.82, 2.24) is 19.5 Å². The number of carbonyl (C=O) groups excluding carboxylic acids is 2. The number of hydrogen-bond donors (Lipinski definition) is 2. The van der Waals surface area contributed by atoms with Gasteiger partial charge in [0.25, 0.3) is 5.91 Å². The number of rotatable bonds is 6. The molecule has 2 amide bonds. The molecule has 0 atom stereocenters. The van der Waals surface area contributed by atoms with Gasteiger partial charge in [0, 0.05) is 30.6 Å². The largest absolute Gasteiger partial charge is 0.355 e. The summed E-state index contributed by atoms with van der Waals surface area (Å²) in [4.78, 5) is 36.4. The van der Waals surface area contributed by atoms with Gasteiger partial charge in [-0.3, -0.25) is 14.0 Å². The molecule has 4 aromatic rings. The van der Waals surface area contributed by atoms with Gasteiger partial charge in [-0.05, 0) is 53.6 Å². The molecule has 2 heterocycles. The molecule has 2 aromatic carbocycles. The molecular formula is C24H21N5O3. The van der Waals surface area contributed by atoms with Gasteiger partial charge in [0.05, 0.1) is 6.54 Å². The Morgan fingerprint density at radius 2 is 1.84 bits per heavy atom. The SMILES string of the molecule is CNC(=O)c1ccc(/C=C/C(=O)Nc2cccc(Cn3nc4ccccn4c3=O)c2)cc1. The molecule has 0 bridgehead atoms. The number of carbonyl (C=O) groups is 2. The fraction of sp³-hybridized carbons (Fsp3) is 0.0833. The molecule has 0 aliphatic rings. The summed E-state index contributed by atoms with van der Waals surface area (Å²) in [5, 5.41) is 9.71. The molecule has 32 heavy (non-hydrogen) atoms. The van der Waals surface area contributed by atoms with Crippen molar-refractivity contribution in [2.24, 2.45) is 0 Å². The quantitative estimate of drug-likeness (QED) is 0.462. The molecule has 0 radical (unpaired) electrons. The lowest BCUT2D eigenvalue weighted by Crippen LogP contribution is -2.21. The average Bonchev–Trinajstić information content (AvgIpc) is 3.13. The molecule has 0 fully saturated rings. The fourth-order valence-corrected chi connectivity index (χ4v) is 3.24. The number of benzene rings is 2. The monoisotopic (exact) mass is 427 g/mol. The number of aromatic nitrogens is 3. The summed E-state index contributed by atoms with van der Waals surface area (Å²) in [5.74, 6) is -0.452. The normalized spacial score (nSPS) is 11.0. The van der Waals surface area contributed by atoms with Crippen LogP contribution in [0.5, 0.6) is 0 Å². The van der Waals surface area contributed by atoms with Gasteiger partial charge < -0.3 is 10.6 Å². The Balaban J connectivity index is 1.42. The summed E-state index contributed by atoms with van der Waals surface area (Å²) in [5.41, 5.74) is 3.16. The maximum absolute atomic E-state index is 12.5. The van der Waals surface area contributed by atoms with Crippen LogP contribution >= 0.6 is 0 Å². The van der Waals surface area contributed by atoms with E-state index in [1.807, 2.05) is 18.2 Å². The van der Waals surface area contributed by atoms with Gasteiger partial charge >= 0.3 is 5.69 Å². The van der Waals surface area contributed by atoms with E-state index in [0.717, 1.165) is 11.1 Å². The number of amides is 2. The number of fused-ring (bicyclic) bond motifs is 1. The summed E-state index contributed by atoms with van der Waals surface area (Å²) >= 11 is 0. The molecule has 0 saturated heterocycles. The second-order valence-electron chi connectivity index (χ2n) is 7.09. The van der Waals surface area contributed by atoms with Gasteiger partial charge in [0.15, 0.2) is 5.65 Å². The Hall–Kier alpha value is -4.46. The molecule has 4 rings (SSSR count). The van der Waals surface area contributed by atoms with Crippen LogP contribution in [0, 0.1) is 0 Å². The smallest absolute Gasteiger partial charge is 0.350 e. The summed E-state index contributed by atoms with van der Waals surface area (Å²) in [6, 6.07) is 19.6. The predicted octanol–water partition coefficient (Wildman–Crippen LogP) is 2.56. The maximum Gasteiger partial charge on any atom is 0.350 e. The minimum absolute atomic E-state index is 0.163. The highest BCUT2D eigenvalue weighted by Crippen LogP contribution is 2.12. The van der Waals surface area contributed by atoms with E-state index in [4.69, 9.17) is 0 Å². The second-order valence-corrected chi connectivity index (χ2v) is 7.09. The van der Waals surface area contributed by atoms with Gasteiger partial charge in [-0.15, -0.1) is 5.10 Å². The number of pyridine rings is 1. The minimum atomic E-state index is -0.289. The lowest BCUT2D eigenvalue weighted by Gasteiger charge is -2.06. The van der Waals surface area contributed by atoms with Gasteiger partial charge in [0.2, 0.25) is 5.91 Å². The zero-order valence-corrected chi connectivity index (χ0v) is 17.4. The topological polar surface area (TPSA) is 97.5 Å². The zero-order valence-electron chi connectivity index (χ0n) is 17.4. The maximum atomic E-state index is 12.5. The van der Waals surface area contributed by atoms with Gasteiger partial charge in [-0.25, -0.2) is 9.48 Å². The van der Waals surface area contributed by atoms with Crippen LogP contribution in [0.25, 0.3) is 11.7 Å². The van der Waals surface area contributed by atoms with E-state index in [1.54, 1.807) is 67.9 Å². The Kier molecular flexibility index (Phi) is 5.94. The summed E-state index contributed by atoms with van der Waals surface area (Å²) in [6.07, 6.45) is 4.77. The lowest BCUT2D eigenvalue weighted by atomic mass is 10.1. The van der Waals surface area contributed by atoms with Crippen LogP contribution < -0.4 is 16.3 Å². The first-order valence-corrected chi connectivity index (χ1v) is 9.98. The third kappa shape index (κ3) is 4.65. The highest BCUT2D eigenvalue weighted by atomic mass is 16.2. The van der Waals surface area contributed by atoms with Crippen molar-refractivity contribution in [3.8, 4) is 0 Å². The van der Waals surface area contributed by atoms with Crippen LogP contribution in [0.3, 0.4) is 0 Å². The molecule has 0 unspecified atom stereocenters. The minimum Gasteiger partial charge on any atom is -0.355 e. The molecule has 0 aliphatic heterocycles. The second kappa shape index (κ2) is 9.13. The van der Waals surface area contributed by atoms with Gasteiger partial charge in [0.1, 0.15) is 0 Å². The van der Waals surface area contributed by atoms with E-state index >= 15 is 0 Å². The van der Waals surface area contributed by atoms with Crippen LogP contribution in [-0.4, -0.2) is 33.0 Å². The number of hydrogen-bond acceptors (Lipinski definition) is 4. The molecule has 2 aromatic heterocycles. The molecule has 8 nitrogen and oxygen atoms in total. The third-order valence-corrected chi connectivity index (χ3v) is 4.84. The van der Waals surface area contributed by atoms with Crippen molar-refractivity contribution in [3.05, 3.63) is 106 Å². The van der Waals surface area contributed by atoms with Crippen molar-refractivity contribution >= 4 is 29.2 Å². The number of nitrogens with zero attached hydrogens (tertiary/aromatic N) is 3. The van der Waals surface area contributed by atoms with E-state index in [-0.39, 0.29) is 24.0 Å². The van der Waals surface area contributed by atoms with Crippen molar-refractivity contribution in [3.63, 3.8) is 0 Å². The van der Waals surface area contributed by atoms with Crippen molar-refractivity contribution in [1.29, 1.82) is 0 Å². The van der Waals surface area contributed by atoms with E-state index in [1.165, 1.54) is 15.2 Å². The van der Waals surface area contributed by atoms with Crippen LogP contribution in [0.1, 0.15) is 21.5 Å². The van der Waals surface area contributed by atoms with Crippen molar-refractivity contribution < 1.29 is 9.59 Å². The van der Waals surface area contributed by atoms with E-state index < -0.39 is 0 Å². The highest BCUT2D eigenvalue weighted by molar-refractivity contribution is 6.02. The Morgan fingerprint density at radius 1 is 1.03 bits per heavy atom. The van der Waals surface area contributed by atoms with E-state index in [9.17, 15) is 14.4 Å². The van der Waals surface area contributed by atoms with Crippen molar-refractivity contribution in [2.45, 2.75) is 6.54 Å². The summed E-state index contributed by atoms with van der Waals surface area (Å²) in [7, 11) is 1.57. The fourth-order valence-electron chi connectivity index (χ4n) is 3.24. The van der Waals surface area contributed by atoms with Crippen LogP contribution in [0.15, 0.2) is 83.8 Å². The molecule has 160 valence electrons. The van der Waals surface area contributed by atoms with Gasteiger partial charge in [-0.1, -0.05) is 30.3 Å². The first-order valence-electron chi connectivity index (χ1n) is 9.98. The van der Waals surface area contributed by atoms with Crippen LogP contribution in [0.2, 0.25) is 0 Å². The Morgan fingerprint density at radius 3 is 2.59 bits per heavy atom. The summed E-state index contributed by atoms with van der Waals surface area (Å²) in [6.45, 7) is 0.289. The van der Waals surface area contributed by atoms with Crippen LogP contribution in [-0.2, 0) is 11.3 Å². The Bertz CT molecular complexity index is 1370. The first kappa shape index (κ1) is 20.8. The number of anilines is 1. The first-order chi connectivity index (χ1) is 15.5. The lowest BCUT2D eigenvalue weighted by molar-refractivity contribution is -0.111. The molecule has 0 spiro atoms. The highest BCUT2D eigenvalue weighted by Gasteiger charge is 2.07. The van der Waals surface area contributed by atoms with Crippen molar-refractivity contribution in [2.75, 3.05) is 12.4 Å². The molecule has 2 N–H and O–H groups in total. The zero-order chi connectivity index (χ0) is 22.5. The molecular weight excluding hydrogens is 406 g/mol. The van der Waals surface area contributed by atoms with E-state index in [0.29, 0.717) is 16.9 Å². The van der Waals surface area contributed by atoms with Gasteiger partial charge in [-0.2, -0.15) is 0 Å². The standard InChI is InChI=1S/C24H21N5O3/c1-25-23(31)19-11-8-17(9-12-19)10-13-22(30)26-20-6-4-5-18(15-20)16-29-24(32)28-14-3-2-7-21(28)27-29/h2-15H,16H2,1H3,(H,25,31)(H,26,30)/b13-10+. The van der Waals surface area contributed by atoms with E-state index in [2.05, 4.69) is 15.7 Å². The third-order valence-electron chi connectivity index (χ3n) is 4.84. The predicted molar refractivity (Wildman–Crippen MR) is 122 cm³/mol. The molecule has 8 heteroatoms. The number of nitrogens with one attached hydrogen (secondary N) is 2. The van der Waals surface area contributed by atoms with Crippen LogP contribution in [0.4, 0.5) is 5.69 Å².